The molecular weight excluding hydrogens is 283 g/mol. The van der Waals surface area contributed by atoms with Gasteiger partial charge >= 0.3 is 6.18 Å². The van der Waals surface area contributed by atoms with E-state index in [4.69, 9.17) is 22.5 Å². The Morgan fingerprint density at radius 2 is 2.16 bits per heavy atom. The van der Waals surface area contributed by atoms with Gasteiger partial charge < -0.3 is 16.3 Å². The standard InChI is InChI=1S/C11H13ClF3N3O/c1-6(4-10(16)18-19)17-9-5-7(11(13,14)15)2-3-8(9)12/h2-3,5-6,17,19H,4H2,1H3,(H2,16,18). The smallest absolute Gasteiger partial charge is 0.409 e. The summed E-state index contributed by atoms with van der Waals surface area (Å²) in [5.41, 5.74) is 4.66. The van der Waals surface area contributed by atoms with Crippen molar-refractivity contribution >= 4 is 23.1 Å². The Bertz CT molecular complexity index is 477. The summed E-state index contributed by atoms with van der Waals surface area (Å²) >= 11 is 5.82. The minimum absolute atomic E-state index is 0.0249. The minimum Gasteiger partial charge on any atom is -0.409 e. The van der Waals surface area contributed by atoms with Gasteiger partial charge in [0.15, 0.2) is 0 Å². The first-order valence-corrected chi connectivity index (χ1v) is 5.71. The van der Waals surface area contributed by atoms with E-state index in [1.807, 2.05) is 0 Å². The van der Waals surface area contributed by atoms with Crippen molar-refractivity contribution in [1.82, 2.24) is 0 Å². The molecule has 0 heterocycles. The number of amidine groups is 1. The fourth-order valence-electron chi connectivity index (χ4n) is 1.48. The molecule has 0 aromatic heterocycles. The number of nitrogens with one attached hydrogen (secondary N) is 1. The zero-order valence-electron chi connectivity index (χ0n) is 10.0. The Labute approximate surface area is 113 Å². The third kappa shape index (κ3) is 4.51. The van der Waals surface area contributed by atoms with Crippen LogP contribution in [0.25, 0.3) is 0 Å². The molecule has 1 aromatic rings. The van der Waals surface area contributed by atoms with Crippen LogP contribution in [0, 0.1) is 0 Å². The summed E-state index contributed by atoms with van der Waals surface area (Å²) in [6, 6.07) is 2.66. The molecule has 0 bridgehead atoms. The maximum absolute atomic E-state index is 12.6. The van der Waals surface area contributed by atoms with Crippen LogP contribution in [-0.4, -0.2) is 17.1 Å². The molecule has 4 N–H and O–H groups in total. The predicted molar refractivity (Wildman–Crippen MR) is 67.6 cm³/mol. The zero-order valence-corrected chi connectivity index (χ0v) is 10.8. The topological polar surface area (TPSA) is 70.6 Å². The highest BCUT2D eigenvalue weighted by Gasteiger charge is 2.31. The summed E-state index contributed by atoms with van der Waals surface area (Å²) in [6.07, 6.45) is -4.26. The number of nitrogens with zero attached hydrogens (tertiary/aromatic N) is 1. The normalized spacial score (nSPS) is 14.3. The molecule has 4 nitrogen and oxygen atoms in total. The number of hydrogen-bond acceptors (Lipinski definition) is 3. The molecule has 1 aromatic carbocycles. The lowest BCUT2D eigenvalue weighted by atomic mass is 10.1. The molecule has 1 rings (SSSR count). The van der Waals surface area contributed by atoms with Crippen LogP contribution in [0.4, 0.5) is 18.9 Å². The predicted octanol–water partition coefficient (Wildman–Crippen LogP) is 3.30. The first kappa shape index (κ1) is 15.4. The molecule has 0 saturated carbocycles. The lowest BCUT2D eigenvalue weighted by molar-refractivity contribution is -0.137. The average Bonchev–Trinajstić information content (AvgIpc) is 2.30. The summed E-state index contributed by atoms with van der Waals surface area (Å²) in [7, 11) is 0. The molecule has 0 aliphatic heterocycles. The van der Waals surface area contributed by atoms with Gasteiger partial charge in [0, 0.05) is 12.5 Å². The van der Waals surface area contributed by atoms with Gasteiger partial charge in [-0.1, -0.05) is 16.8 Å². The molecule has 0 aliphatic rings. The van der Waals surface area contributed by atoms with Gasteiger partial charge in [-0.3, -0.25) is 0 Å². The molecule has 19 heavy (non-hydrogen) atoms. The summed E-state index contributed by atoms with van der Waals surface area (Å²) in [5.74, 6) is -0.0249. The number of benzene rings is 1. The highest BCUT2D eigenvalue weighted by molar-refractivity contribution is 6.33. The van der Waals surface area contributed by atoms with Crippen LogP contribution in [0.5, 0.6) is 0 Å². The van der Waals surface area contributed by atoms with E-state index in [2.05, 4.69) is 10.5 Å². The van der Waals surface area contributed by atoms with Crippen molar-refractivity contribution in [3.05, 3.63) is 28.8 Å². The Morgan fingerprint density at radius 1 is 1.53 bits per heavy atom. The summed E-state index contributed by atoms with van der Waals surface area (Å²) in [4.78, 5) is 0. The first-order valence-electron chi connectivity index (χ1n) is 5.33. The molecule has 0 radical (unpaired) electrons. The molecule has 1 unspecified atom stereocenters. The molecule has 1 atom stereocenters. The monoisotopic (exact) mass is 295 g/mol. The van der Waals surface area contributed by atoms with Crippen LogP contribution in [0.15, 0.2) is 23.4 Å². The summed E-state index contributed by atoms with van der Waals surface area (Å²) < 4.78 is 37.7. The van der Waals surface area contributed by atoms with E-state index < -0.39 is 11.7 Å². The molecule has 0 aliphatic carbocycles. The number of halogens is 4. The molecule has 0 fully saturated rings. The van der Waals surface area contributed by atoms with Gasteiger partial charge in [-0.2, -0.15) is 13.2 Å². The summed E-state index contributed by atoms with van der Waals surface area (Å²) in [6.45, 7) is 1.68. The van der Waals surface area contributed by atoms with Crippen LogP contribution in [0.2, 0.25) is 5.02 Å². The Balaban J connectivity index is 2.88. The van der Waals surface area contributed by atoms with Crippen molar-refractivity contribution in [2.45, 2.75) is 25.6 Å². The molecular formula is C11H13ClF3N3O. The zero-order chi connectivity index (χ0) is 14.6. The third-order valence-electron chi connectivity index (χ3n) is 2.34. The lowest BCUT2D eigenvalue weighted by Crippen LogP contribution is -2.24. The number of oxime groups is 1. The molecule has 0 amide bonds. The Hall–Kier alpha value is -1.63. The number of rotatable bonds is 4. The molecule has 0 saturated heterocycles. The van der Waals surface area contributed by atoms with Gasteiger partial charge in [0.1, 0.15) is 5.84 Å². The van der Waals surface area contributed by atoms with Gasteiger partial charge in [-0.05, 0) is 25.1 Å². The van der Waals surface area contributed by atoms with Crippen molar-refractivity contribution < 1.29 is 18.4 Å². The second-order valence-electron chi connectivity index (χ2n) is 4.03. The van der Waals surface area contributed by atoms with E-state index >= 15 is 0 Å². The number of hydrogen-bond donors (Lipinski definition) is 3. The van der Waals surface area contributed by atoms with Crippen molar-refractivity contribution in [2.24, 2.45) is 10.9 Å². The summed E-state index contributed by atoms with van der Waals surface area (Å²) in [5, 5.41) is 14.2. The van der Waals surface area contributed by atoms with E-state index in [0.29, 0.717) is 0 Å². The second-order valence-corrected chi connectivity index (χ2v) is 4.44. The SMILES string of the molecule is CC(CC(N)=NO)Nc1cc(C(F)(F)F)ccc1Cl. The first-order chi connectivity index (χ1) is 8.74. The average molecular weight is 296 g/mol. The van der Waals surface area contributed by atoms with Gasteiger partial charge in [0.25, 0.3) is 0 Å². The Morgan fingerprint density at radius 3 is 2.68 bits per heavy atom. The van der Waals surface area contributed by atoms with Crippen LogP contribution in [-0.2, 0) is 6.18 Å². The Kier molecular flexibility index (Phi) is 4.88. The van der Waals surface area contributed by atoms with Gasteiger partial charge in [-0.15, -0.1) is 0 Å². The molecule has 106 valence electrons. The van der Waals surface area contributed by atoms with Gasteiger partial charge in [0.05, 0.1) is 16.3 Å². The largest absolute Gasteiger partial charge is 0.416 e. The third-order valence-corrected chi connectivity index (χ3v) is 2.67. The van der Waals surface area contributed by atoms with Gasteiger partial charge in [0.2, 0.25) is 0 Å². The van der Waals surface area contributed by atoms with Crippen LogP contribution < -0.4 is 11.1 Å². The molecule has 8 heteroatoms. The molecule has 0 spiro atoms. The highest BCUT2D eigenvalue weighted by Crippen LogP contribution is 2.34. The van der Waals surface area contributed by atoms with E-state index in [1.165, 1.54) is 6.07 Å². The van der Waals surface area contributed by atoms with E-state index in [0.717, 1.165) is 12.1 Å². The quantitative estimate of drug-likeness (QED) is 0.345. The second kappa shape index (κ2) is 6.01. The number of anilines is 1. The van der Waals surface area contributed by atoms with Crippen LogP contribution >= 0.6 is 11.6 Å². The van der Waals surface area contributed by atoms with Crippen LogP contribution in [0.1, 0.15) is 18.9 Å². The van der Waals surface area contributed by atoms with Crippen molar-refractivity contribution in [3.8, 4) is 0 Å². The minimum atomic E-state index is -4.43. The highest BCUT2D eigenvalue weighted by atomic mass is 35.5. The maximum atomic E-state index is 12.6. The van der Waals surface area contributed by atoms with Crippen LogP contribution in [0.3, 0.4) is 0 Å². The van der Waals surface area contributed by atoms with Crippen molar-refractivity contribution in [2.75, 3.05) is 5.32 Å². The van der Waals surface area contributed by atoms with E-state index in [9.17, 15) is 13.2 Å². The lowest BCUT2D eigenvalue weighted by Gasteiger charge is -2.17. The fourth-order valence-corrected chi connectivity index (χ4v) is 1.66. The van der Waals surface area contributed by atoms with E-state index in [1.54, 1.807) is 6.92 Å². The number of alkyl halides is 3. The van der Waals surface area contributed by atoms with Gasteiger partial charge in [-0.25, -0.2) is 0 Å². The fraction of sp³-hybridized carbons (Fsp3) is 0.364. The van der Waals surface area contributed by atoms with E-state index in [-0.39, 0.29) is 29.0 Å². The van der Waals surface area contributed by atoms with Crippen molar-refractivity contribution in [3.63, 3.8) is 0 Å². The maximum Gasteiger partial charge on any atom is 0.416 e. The number of nitrogens with two attached hydrogens (primary N) is 1. The van der Waals surface area contributed by atoms with Crippen molar-refractivity contribution in [1.29, 1.82) is 0 Å².